The molecule has 3 rings (SSSR count). The molecule has 2 N–H and O–H groups in total. The monoisotopic (exact) mass is 430 g/mol. The fourth-order valence-electron chi connectivity index (χ4n) is 3.39. The maximum absolute atomic E-state index is 13.2. The summed E-state index contributed by atoms with van der Waals surface area (Å²) in [6, 6.07) is 23.0. The van der Waals surface area contributed by atoms with Gasteiger partial charge in [-0.15, -0.1) is 0 Å². The molecule has 0 spiro atoms. The van der Waals surface area contributed by atoms with Gasteiger partial charge in [0, 0.05) is 5.69 Å². The Labute approximate surface area is 187 Å². The van der Waals surface area contributed by atoms with Crippen LogP contribution in [0.5, 0.6) is 0 Å². The van der Waals surface area contributed by atoms with Crippen LogP contribution < -0.4 is 10.6 Å². The number of benzene rings is 3. The molecule has 0 saturated heterocycles. The summed E-state index contributed by atoms with van der Waals surface area (Å²) in [5.74, 6) is -1.69. The number of aryl methyl sites for hydroxylation is 1. The quantitative estimate of drug-likeness (QED) is 0.554. The maximum Gasteiger partial charge on any atom is 0.337 e. The fourth-order valence-corrected chi connectivity index (χ4v) is 3.39. The summed E-state index contributed by atoms with van der Waals surface area (Å²) in [7, 11) is 1.30. The highest BCUT2D eigenvalue weighted by Crippen LogP contribution is 2.25. The van der Waals surface area contributed by atoms with Gasteiger partial charge >= 0.3 is 5.97 Å². The number of esters is 1. The molecule has 0 aliphatic rings. The van der Waals surface area contributed by atoms with E-state index in [0.717, 1.165) is 16.7 Å². The van der Waals surface area contributed by atoms with Crippen molar-refractivity contribution in [1.82, 2.24) is 5.32 Å². The zero-order chi connectivity index (χ0) is 23.1. The van der Waals surface area contributed by atoms with E-state index in [1.54, 1.807) is 25.1 Å². The van der Waals surface area contributed by atoms with Crippen LogP contribution in [0.15, 0.2) is 78.9 Å². The SMILES string of the molecule is COC(=O)c1ccc(C)c(NC(=O)[C@@H](C)NC(=O)C(c2ccccc2)c2ccccc2)c1. The third kappa shape index (κ3) is 5.40. The summed E-state index contributed by atoms with van der Waals surface area (Å²) in [4.78, 5) is 37.8. The van der Waals surface area contributed by atoms with Crippen LogP contribution in [0, 0.1) is 6.92 Å². The van der Waals surface area contributed by atoms with E-state index in [-0.39, 0.29) is 11.8 Å². The van der Waals surface area contributed by atoms with Gasteiger partial charge in [0.05, 0.1) is 18.6 Å². The molecule has 0 unspecified atom stereocenters. The Morgan fingerprint density at radius 2 is 1.38 bits per heavy atom. The van der Waals surface area contributed by atoms with Crippen molar-refractivity contribution in [1.29, 1.82) is 0 Å². The molecule has 6 heteroatoms. The Morgan fingerprint density at radius 3 is 1.91 bits per heavy atom. The molecule has 0 fully saturated rings. The predicted octanol–water partition coefficient (Wildman–Crippen LogP) is 4.06. The van der Waals surface area contributed by atoms with Crippen molar-refractivity contribution in [2.24, 2.45) is 0 Å². The third-order valence-corrected chi connectivity index (χ3v) is 5.20. The van der Waals surface area contributed by atoms with E-state index in [0.29, 0.717) is 11.3 Å². The lowest BCUT2D eigenvalue weighted by Gasteiger charge is -2.21. The van der Waals surface area contributed by atoms with Crippen LogP contribution in [0.1, 0.15) is 39.9 Å². The topological polar surface area (TPSA) is 84.5 Å². The Balaban J connectivity index is 1.76. The first kappa shape index (κ1) is 22.7. The first-order chi connectivity index (χ1) is 15.4. The highest BCUT2D eigenvalue weighted by molar-refractivity contribution is 6.00. The minimum Gasteiger partial charge on any atom is -0.465 e. The number of hydrogen-bond donors (Lipinski definition) is 2. The van der Waals surface area contributed by atoms with Crippen LogP contribution in [0.3, 0.4) is 0 Å². The van der Waals surface area contributed by atoms with Crippen molar-refractivity contribution >= 4 is 23.5 Å². The van der Waals surface area contributed by atoms with E-state index in [1.807, 2.05) is 67.6 Å². The Hall–Kier alpha value is -3.93. The lowest BCUT2D eigenvalue weighted by atomic mass is 9.90. The van der Waals surface area contributed by atoms with E-state index < -0.39 is 17.9 Å². The number of carbonyl (C=O) groups excluding carboxylic acids is 3. The number of anilines is 1. The first-order valence-electron chi connectivity index (χ1n) is 10.3. The van der Waals surface area contributed by atoms with Crippen LogP contribution in [0.2, 0.25) is 0 Å². The average Bonchev–Trinajstić information content (AvgIpc) is 2.81. The predicted molar refractivity (Wildman–Crippen MR) is 123 cm³/mol. The number of nitrogens with one attached hydrogen (secondary N) is 2. The van der Waals surface area contributed by atoms with Gasteiger partial charge in [0.1, 0.15) is 6.04 Å². The molecule has 0 aliphatic carbocycles. The fraction of sp³-hybridized carbons (Fsp3) is 0.192. The van der Waals surface area contributed by atoms with Crippen LogP contribution >= 0.6 is 0 Å². The van der Waals surface area contributed by atoms with Crippen LogP contribution in [0.4, 0.5) is 5.69 Å². The molecule has 3 aromatic carbocycles. The van der Waals surface area contributed by atoms with Crippen LogP contribution in [0.25, 0.3) is 0 Å². The second-order valence-electron chi connectivity index (χ2n) is 7.50. The summed E-state index contributed by atoms with van der Waals surface area (Å²) in [6.45, 7) is 3.44. The number of carbonyl (C=O) groups is 3. The molecule has 1 atom stereocenters. The van der Waals surface area contributed by atoms with Crippen molar-refractivity contribution in [3.05, 3.63) is 101 Å². The second kappa shape index (κ2) is 10.4. The third-order valence-electron chi connectivity index (χ3n) is 5.20. The van der Waals surface area contributed by atoms with E-state index in [9.17, 15) is 14.4 Å². The summed E-state index contributed by atoms with van der Waals surface area (Å²) in [6.07, 6.45) is 0. The van der Waals surface area contributed by atoms with E-state index in [2.05, 4.69) is 10.6 Å². The smallest absolute Gasteiger partial charge is 0.337 e. The van der Waals surface area contributed by atoms with Gasteiger partial charge < -0.3 is 15.4 Å². The molecule has 3 aromatic rings. The van der Waals surface area contributed by atoms with Gasteiger partial charge in [0.2, 0.25) is 11.8 Å². The Kier molecular flexibility index (Phi) is 7.39. The van der Waals surface area contributed by atoms with Gasteiger partial charge in [-0.1, -0.05) is 66.7 Å². The van der Waals surface area contributed by atoms with Gasteiger partial charge in [-0.05, 0) is 42.7 Å². The molecule has 0 aliphatic heterocycles. The maximum atomic E-state index is 13.2. The highest BCUT2D eigenvalue weighted by Gasteiger charge is 2.26. The summed E-state index contributed by atoms with van der Waals surface area (Å²) >= 11 is 0. The number of ether oxygens (including phenoxy) is 1. The summed E-state index contributed by atoms with van der Waals surface area (Å²) < 4.78 is 4.74. The van der Waals surface area contributed by atoms with Gasteiger partial charge in [-0.25, -0.2) is 4.79 Å². The lowest BCUT2D eigenvalue weighted by Crippen LogP contribution is -2.44. The molecule has 164 valence electrons. The molecule has 0 saturated carbocycles. The zero-order valence-corrected chi connectivity index (χ0v) is 18.3. The standard InChI is InChI=1S/C26H26N2O4/c1-17-14-15-21(26(31)32-3)16-22(17)28-24(29)18(2)27-25(30)23(19-10-6-4-7-11-19)20-12-8-5-9-13-20/h4-16,18,23H,1-3H3,(H,27,30)(H,28,29)/t18-/m1/s1. The van der Waals surface area contributed by atoms with Crippen molar-refractivity contribution in [2.75, 3.05) is 12.4 Å². The zero-order valence-electron chi connectivity index (χ0n) is 18.3. The van der Waals surface area contributed by atoms with Crippen molar-refractivity contribution in [3.8, 4) is 0 Å². The van der Waals surface area contributed by atoms with E-state index >= 15 is 0 Å². The van der Waals surface area contributed by atoms with Crippen LogP contribution in [-0.4, -0.2) is 30.9 Å². The molecule has 0 aromatic heterocycles. The second-order valence-corrected chi connectivity index (χ2v) is 7.50. The molecule has 2 amide bonds. The van der Waals surface area contributed by atoms with Crippen molar-refractivity contribution in [3.63, 3.8) is 0 Å². The molecular formula is C26H26N2O4. The average molecular weight is 431 g/mol. The van der Waals surface area contributed by atoms with Crippen LogP contribution in [-0.2, 0) is 14.3 Å². The lowest BCUT2D eigenvalue weighted by molar-refractivity contribution is -0.126. The molecule has 0 radical (unpaired) electrons. The number of amides is 2. The van der Waals surface area contributed by atoms with Gasteiger partial charge in [0.25, 0.3) is 0 Å². The molecule has 32 heavy (non-hydrogen) atoms. The minimum absolute atomic E-state index is 0.273. The highest BCUT2D eigenvalue weighted by atomic mass is 16.5. The molecular weight excluding hydrogens is 404 g/mol. The molecule has 6 nitrogen and oxygen atoms in total. The number of hydrogen-bond acceptors (Lipinski definition) is 4. The summed E-state index contributed by atoms with van der Waals surface area (Å²) in [5, 5.41) is 5.61. The normalized spacial score (nSPS) is 11.5. The van der Waals surface area contributed by atoms with E-state index in [1.165, 1.54) is 7.11 Å². The van der Waals surface area contributed by atoms with Gasteiger partial charge in [-0.2, -0.15) is 0 Å². The van der Waals surface area contributed by atoms with Gasteiger partial charge in [0.15, 0.2) is 0 Å². The number of rotatable bonds is 7. The Bertz CT molecular complexity index is 1060. The van der Waals surface area contributed by atoms with Crippen molar-refractivity contribution in [2.45, 2.75) is 25.8 Å². The Morgan fingerprint density at radius 1 is 0.812 bits per heavy atom. The largest absolute Gasteiger partial charge is 0.465 e. The number of methoxy groups -OCH3 is 1. The summed E-state index contributed by atoms with van der Waals surface area (Å²) in [5.41, 5.74) is 3.28. The van der Waals surface area contributed by atoms with Gasteiger partial charge in [-0.3, -0.25) is 9.59 Å². The van der Waals surface area contributed by atoms with E-state index in [4.69, 9.17) is 4.74 Å². The molecule has 0 bridgehead atoms. The minimum atomic E-state index is -0.793. The van der Waals surface area contributed by atoms with Crippen molar-refractivity contribution < 1.29 is 19.1 Å². The first-order valence-corrected chi connectivity index (χ1v) is 10.3. The molecule has 0 heterocycles.